The molecule has 0 N–H and O–H groups in total. The molecule has 1 nitrogen and oxygen atoms in total. The maximum Gasteiger partial charge on any atom is 0.391 e. The third-order valence-electron chi connectivity index (χ3n) is 1.92. The molecule has 0 amide bonds. The van der Waals surface area contributed by atoms with Crippen molar-refractivity contribution in [3.63, 3.8) is 0 Å². The molecule has 0 aliphatic rings. The quantitative estimate of drug-likeness (QED) is 0.711. The van der Waals surface area contributed by atoms with Crippen LogP contribution >= 0.6 is 0 Å². The molecule has 0 spiro atoms. The van der Waals surface area contributed by atoms with E-state index in [-0.39, 0.29) is 5.56 Å². The van der Waals surface area contributed by atoms with E-state index < -0.39 is 24.5 Å². The van der Waals surface area contributed by atoms with E-state index in [1.807, 2.05) is 0 Å². The summed E-state index contributed by atoms with van der Waals surface area (Å²) < 4.78 is 53.8. The van der Waals surface area contributed by atoms with Gasteiger partial charge in [0.25, 0.3) is 0 Å². The second-order valence-corrected chi connectivity index (χ2v) is 3.10. The number of ether oxygens (including phenoxy) is 1. The fraction of sp³-hybridized carbons (Fsp3) is 0.400. The Morgan fingerprint density at radius 3 is 2.47 bits per heavy atom. The average molecular weight is 222 g/mol. The highest BCUT2D eigenvalue weighted by atomic mass is 19.4. The zero-order valence-corrected chi connectivity index (χ0v) is 8.01. The van der Waals surface area contributed by atoms with Crippen molar-refractivity contribution < 1.29 is 22.3 Å². The summed E-state index contributed by atoms with van der Waals surface area (Å²) in [6, 6.07) is 4.97. The van der Waals surface area contributed by atoms with Crippen molar-refractivity contribution in [2.45, 2.75) is 18.7 Å². The molecule has 15 heavy (non-hydrogen) atoms. The molecule has 0 heterocycles. The van der Waals surface area contributed by atoms with Gasteiger partial charge in [-0.2, -0.15) is 13.2 Å². The van der Waals surface area contributed by atoms with Crippen molar-refractivity contribution in [2.75, 3.05) is 7.11 Å². The van der Waals surface area contributed by atoms with E-state index >= 15 is 0 Å². The molecule has 0 radical (unpaired) electrons. The van der Waals surface area contributed by atoms with Gasteiger partial charge in [0.1, 0.15) is 5.82 Å². The lowest BCUT2D eigenvalue weighted by molar-refractivity contribution is -0.158. The first-order valence-corrected chi connectivity index (χ1v) is 4.27. The van der Waals surface area contributed by atoms with E-state index in [2.05, 4.69) is 4.74 Å². The highest BCUT2D eigenvalue weighted by Gasteiger charge is 2.32. The van der Waals surface area contributed by atoms with Gasteiger partial charge in [-0.15, -0.1) is 0 Å². The minimum absolute atomic E-state index is 0.190. The second-order valence-electron chi connectivity index (χ2n) is 3.10. The molecule has 1 aromatic carbocycles. The predicted octanol–water partition coefficient (Wildman–Crippen LogP) is 3.47. The number of methoxy groups -OCH3 is 1. The lowest BCUT2D eigenvalue weighted by Gasteiger charge is -2.17. The van der Waals surface area contributed by atoms with Crippen LogP contribution in [0.1, 0.15) is 18.1 Å². The summed E-state index contributed by atoms with van der Waals surface area (Å²) in [4.78, 5) is 0. The molecule has 1 rings (SSSR count). The van der Waals surface area contributed by atoms with Gasteiger partial charge < -0.3 is 4.74 Å². The number of benzene rings is 1. The van der Waals surface area contributed by atoms with Crippen LogP contribution in [0.3, 0.4) is 0 Å². The molecule has 0 saturated heterocycles. The molecule has 84 valence electrons. The van der Waals surface area contributed by atoms with Gasteiger partial charge in [0.15, 0.2) is 0 Å². The SMILES string of the molecule is COC(CC(F)(F)F)c1cccc(F)c1. The van der Waals surface area contributed by atoms with Crippen molar-refractivity contribution in [1.29, 1.82) is 0 Å². The fourth-order valence-corrected chi connectivity index (χ4v) is 1.25. The van der Waals surface area contributed by atoms with E-state index in [1.165, 1.54) is 25.3 Å². The topological polar surface area (TPSA) is 9.23 Å². The molecule has 0 aromatic heterocycles. The van der Waals surface area contributed by atoms with Gasteiger partial charge >= 0.3 is 6.18 Å². The Hall–Kier alpha value is -1.10. The van der Waals surface area contributed by atoms with Crippen LogP contribution in [0.4, 0.5) is 17.6 Å². The molecule has 1 aromatic rings. The first-order valence-electron chi connectivity index (χ1n) is 4.27. The molecule has 0 aliphatic carbocycles. The highest BCUT2D eigenvalue weighted by molar-refractivity contribution is 5.19. The number of hydrogen-bond donors (Lipinski definition) is 0. The number of rotatable bonds is 3. The zero-order chi connectivity index (χ0) is 11.5. The number of hydrogen-bond acceptors (Lipinski definition) is 1. The summed E-state index contributed by atoms with van der Waals surface area (Å²) in [6.45, 7) is 0. The third kappa shape index (κ3) is 3.87. The van der Waals surface area contributed by atoms with E-state index in [1.54, 1.807) is 0 Å². The summed E-state index contributed by atoms with van der Waals surface area (Å²) in [7, 11) is 1.17. The molecule has 0 aliphatic heterocycles. The van der Waals surface area contributed by atoms with Gasteiger partial charge in [-0.1, -0.05) is 12.1 Å². The molecule has 0 bridgehead atoms. The minimum Gasteiger partial charge on any atom is -0.376 e. The smallest absolute Gasteiger partial charge is 0.376 e. The Balaban J connectivity index is 2.83. The molecule has 0 saturated carbocycles. The third-order valence-corrected chi connectivity index (χ3v) is 1.92. The van der Waals surface area contributed by atoms with Crippen molar-refractivity contribution in [2.24, 2.45) is 0 Å². The Kier molecular flexibility index (Phi) is 3.68. The largest absolute Gasteiger partial charge is 0.391 e. The maximum atomic E-state index is 12.8. The molecule has 0 fully saturated rings. The van der Waals surface area contributed by atoms with Gasteiger partial charge in [-0.25, -0.2) is 4.39 Å². The lowest BCUT2D eigenvalue weighted by Crippen LogP contribution is -2.15. The van der Waals surface area contributed by atoms with Crippen LogP contribution in [0.2, 0.25) is 0 Å². The summed E-state index contributed by atoms with van der Waals surface area (Å²) in [5, 5.41) is 0. The van der Waals surface area contributed by atoms with Crippen LogP contribution in [0.25, 0.3) is 0 Å². The monoisotopic (exact) mass is 222 g/mol. The van der Waals surface area contributed by atoms with E-state index in [0.717, 1.165) is 6.07 Å². The Bertz CT molecular complexity index is 321. The Morgan fingerprint density at radius 1 is 1.33 bits per heavy atom. The number of alkyl halides is 3. The summed E-state index contributed by atoms with van der Waals surface area (Å²) in [5.74, 6) is -0.572. The van der Waals surface area contributed by atoms with E-state index in [0.29, 0.717) is 0 Å². The summed E-state index contributed by atoms with van der Waals surface area (Å²) in [6.07, 6.45) is -6.60. The van der Waals surface area contributed by atoms with Crippen LogP contribution in [0, 0.1) is 5.82 Å². The van der Waals surface area contributed by atoms with Crippen molar-refractivity contribution in [1.82, 2.24) is 0 Å². The molecule has 1 atom stereocenters. The van der Waals surface area contributed by atoms with Gasteiger partial charge in [-0.3, -0.25) is 0 Å². The Morgan fingerprint density at radius 2 is 2.00 bits per heavy atom. The van der Waals surface area contributed by atoms with E-state index in [4.69, 9.17) is 0 Å². The van der Waals surface area contributed by atoms with Crippen LogP contribution in [0.5, 0.6) is 0 Å². The van der Waals surface area contributed by atoms with Crippen LogP contribution in [0.15, 0.2) is 24.3 Å². The normalized spacial score (nSPS) is 13.9. The first kappa shape index (κ1) is 12.0. The van der Waals surface area contributed by atoms with Gasteiger partial charge in [0, 0.05) is 7.11 Å². The Labute approximate surface area is 84.7 Å². The molecular weight excluding hydrogens is 212 g/mol. The minimum atomic E-state index is -4.33. The van der Waals surface area contributed by atoms with Gasteiger partial charge in [0.05, 0.1) is 12.5 Å². The van der Waals surface area contributed by atoms with Crippen molar-refractivity contribution >= 4 is 0 Å². The summed E-state index contributed by atoms with van der Waals surface area (Å²) >= 11 is 0. The van der Waals surface area contributed by atoms with Crippen LogP contribution < -0.4 is 0 Å². The molecule has 5 heteroatoms. The fourth-order valence-electron chi connectivity index (χ4n) is 1.25. The molecular formula is C10H10F4O. The van der Waals surface area contributed by atoms with Crippen LogP contribution in [-0.4, -0.2) is 13.3 Å². The summed E-state index contributed by atoms with van der Waals surface area (Å²) in [5.41, 5.74) is 0.190. The maximum absolute atomic E-state index is 12.8. The second kappa shape index (κ2) is 4.61. The predicted molar refractivity (Wildman–Crippen MR) is 46.8 cm³/mol. The van der Waals surface area contributed by atoms with Crippen molar-refractivity contribution in [3.8, 4) is 0 Å². The zero-order valence-electron chi connectivity index (χ0n) is 8.01. The average Bonchev–Trinajstić information content (AvgIpc) is 2.13. The van der Waals surface area contributed by atoms with Crippen molar-refractivity contribution in [3.05, 3.63) is 35.6 Å². The standard InChI is InChI=1S/C10H10F4O/c1-15-9(6-10(12,13)14)7-3-2-4-8(11)5-7/h2-5,9H,6H2,1H3. The highest BCUT2D eigenvalue weighted by Crippen LogP contribution is 2.31. The molecule has 1 unspecified atom stereocenters. The number of halogens is 4. The first-order chi connectivity index (χ1) is 6.92. The van der Waals surface area contributed by atoms with E-state index in [9.17, 15) is 17.6 Å². The van der Waals surface area contributed by atoms with Gasteiger partial charge in [-0.05, 0) is 17.7 Å². The van der Waals surface area contributed by atoms with Gasteiger partial charge in [0.2, 0.25) is 0 Å². The van der Waals surface area contributed by atoms with Crippen LogP contribution in [-0.2, 0) is 4.74 Å². The lowest BCUT2D eigenvalue weighted by atomic mass is 10.1.